The summed E-state index contributed by atoms with van der Waals surface area (Å²) in [5.41, 5.74) is -0.0324. The summed E-state index contributed by atoms with van der Waals surface area (Å²) in [5, 5.41) is 13.2. The van der Waals surface area contributed by atoms with Gasteiger partial charge in [-0.3, -0.25) is 14.2 Å². The molecule has 0 saturated carbocycles. The van der Waals surface area contributed by atoms with Crippen LogP contribution >= 0.6 is 11.5 Å². The third kappa shape index (κ3) is 4.63. The molecule has 0 aliphatic carbocycles. The van der Waals surface area contributed by atoms with Crippen LogP contribution in [0.1, 0.15) is 41.6 Å². The molecule has 12 heteroatoms. The second-order valence-electron chi connectivity index (χ2n) is 8.96. The smallest absolute Gasteiger partial charge is 0.341 e. The van der Waals surface area contributed by atoms with Crippen molar-refractivity contribution in [3.63, 3.8) is 0 Å². The van der Waals surface area contributed by atoms with Gasteiger partial charge in [0, 0.05) is 44.0 Å². The fourth-order valence-corrected chi connectivity index (χ4v) is 5.06. The summed E-state index contributed by atoms with van der Waals surface area (Å²) >= 11 is 1.07. The summed E-state index contributed by atoms with van der Waals surface area (Å²) in [7, 11) is 0. The highest BCUT2D eigenvalue weighted by Gasteiger charge is 2.34. The van der Waals surface area contributed by atoms with Crippen molar-refractivity contribution in [2.75, 3.05) is 31.1 Å². The Morgan fingerprint density at radius 3 is 2.86 bits per heavy atom. The van der Waals surface area contributed by atoms with E-state index in [2.05, 4.69) is 19.7 Å². The second kappa shape index (κ2) is 9.70. The van der Waals surface area contributed by atoms with Crippen LogP contribution in [-0.2, 0) is 9.53 Å². The minimum absolute atomic E-state index is 0.00322. The van der Waals surface area contributed by atoms with Crippen molar-refractivity contribution >= 4 is 40.3 Å². The number of aromatic carboxylic acids is 1. The number of fused-ring (bicyclic) bond motifs is 1. The molecule has 5 heterocycles. The quantitative estimate of drug-likeness (QED) is 0.520. The maximum Gasteiger partial charge on any atom is 0.341 e. The van der Waals surface area contributed by atoms with Crippen LogP contribution in [-0.4, -0.2) is 68.2 Å². The van der Waals surface area contributed by atoms with Gasteiger partial charge in [0.1, 0.15) is 17.7 Å². The largest absolute Gasteiger partial charge is 0.477 e. The van der Waals surface area contributed by atoms with Crippen molar-refractivity contribution in [2.24, 2.45) is 5.92 Å². The molecule has 3 aromatic rings. The first-order chi connectivity index (χ1) is 16.9. The van der Waals surface area contributed by atoms with Gasteiger partial charge in [-0.15, -0.1) is 0 Å². The lowest BCUT2D eigenvalue weighted by molar-refractivity contribution is -0.126. The number of pyridine rings is 2. The van der Waals surface area contributed by atoms with Crippen LogP contribution in [0, 0.1) is 12.8 Å². The van der Waals surface area contributed by atoms with Gasteiger partial charge in [-0.05, 0) is 31.4 Å². The van der Waals surface area contributed by atoms with Gasteiger partial charge in [0.05, 0.1) is 17.4 Å². The molecule has 0 radical (unpaired) electrons. The molecule has 0 spiro atoms. The number of anilines is 1. The maximum atomic E-state index is 12.9. The van der Waals surface area contributed by atoms with Gasteiger partial charge in [0.25, 0.3) is 0 Å². The van der Waals surface area contributed by atoms with E-state index in [-0.39, 0.29) is 28.9 Å². The molecule has 2 fully saturated rings. The number of carboxylic acid groups (broad SMARTS) is 1. The molecular weight excluding hydrogens is 472 g/mol. The highest BCUT2D eigenvalue weighted by molar-refractivity contribution is 7.08. The summed E-state index contributed by atoms with van der Waals surface area (Å²) in [6.45, 7) is 4.04. The van der Waals surface area contributed by atoms with E-state index in [1.54, 1.807) is 13.0 Å². The van der Waals surface area contributed by atoms with Crippen LogP contribution in [0.2, 0.25) is 0 Å². The standard InChI is InChI=1S/C23H26N6O5S/c1-13-7-17(28-9-14(10-28)21(31)24-8-15-5-3-2-4-6-34-15)27-20-18(13)19(30)16(22(32)33)11-29(20)23-25-12-26-35-23/h7,11-12,14-15H,2-6,8-10H2,1H3,(H,24,31)(H,32,33). The normalized spacial score (nSPS) is 18.8. The molecule has 0 aromatic carbocycles. The van der Waals surface area contributed by atoms with E-state index < -0.39 is 11.4 Å². The van der Waals surface area contributed by atoms with E-state index >= 15 is 0 Å². The van der Waals surface area contributed by atoms with Gasteiger partial charge in [0.2, 0.25) is 16.5 Å². The Kier molecular flexibility index (Phi) is 6.48. The van der Waals surface area contributed by atoms with Crippen molar-refractivity contribution < 1.29 is 19.4 Å². The predicted octanol–water partition coefficient (Wildman–Crippen LogP) is 1.76. The number of carboxylic acids is 1. The number of nitrogens with zero attached hydrogens (tertiary/aromatic N) is 5. The van der Waals surface area contributed by atoms with E-state index in [4.69, 9.17) is 4.74 Å². The van der Waals surface area contributed by atoms with Gasteiger partial charge in [-0.2, -0.15) is 4.37 Å². The number of ether oxygens (including phenoxy) is 1. The summed E-state index contributed by atoms with van der Waals surface area (Å²) in [4.78, 5) is 48.0. The predicted molar refractivity (Wildman–Crippen MR) is 129 cm³/mol. The number of aromatic nitrogens is 4. The molecule has 2 saturated heterocycles. The molecule has 5 rings (SSSR count). The van der Waals surface area contributed by atoms with Crippen molar-refractivity contribution in [1.29, 1.82) is 0 Å². The zero-order valence-electron chi connectivity index (χ0n) is 19.3. The summed E-state index contributed by atoms with van der Waals surface area (Å²) in [6.07, 6.45) is 7.02. The monoisotopic (exact) mass is 498 g/mol. The first kappa shape index (κ1) is 23.4. The summed E-state index contributed by atoms with van der Waals surface area (Å²) < 4.78 is 11.3. The third-order valence-electron chi connectivity index (χ3n) is 6.53. The number of aryl methyl sites for hydroxylation is 1. The first-order valence-electron chi connectivity index (χ1n) is 11.6. The van der Waals surface area contributed by atoms with Crippen LogP contribution < -0.4 is 15.6 Å². The number of rotatable bonds is 6. The highest BCUT2D eigenvalue weighted by atomic mass is 32.1. The number of nitrogens with one attached hydrogen (secondary N) is 1. The van der Waals surface area contributed by atoms with Crippen LogP contribution in [0.3, 0.4) is 0 Å². The number of carbonyl (C=O) groups is 2. The van der Waals surface area contributed by atoms with Gasteiger partial charge >= 0.3 is 5.97 Å². The van der Waals surface area contributed by atoms with E-state index in [0.29, 0.717) is 41.8 Å². The Hall–Kier alpha value is -3.38. The Balaban J connectivity index is 1.36. The number of carbonyl (C=O) groups excluding carboxylic acids is 1. The zero-order valence-corrected chi connectivity index (χ0v) is 20.1. The Morgan fingerprint density at radius 2 is 2.11 bits per heavy atom. The zero-order chi connectivity index (χ0) is 24.5. The van der Waals surface area contributed by atoms with Gasteiger partial charge in [-0.25, -0.2) is 14.8 Å². The molecular formula is C23H26N6O5S. The van der Waals surface area contributed by atoms with Crippen LogP contribution in [0.15, 0.2) is 23.4 Å². The molecule has 3 aromatic heterocycles. The second-order valence-corrected chi connectivity index (χ2v) is 9.71. The van der Waals surface area contributed by atoms with Gasteiger partial charge in [-0.1, -0.05) is 12.8 Å². The molecule has 1 atom stereocenters. The van der Waals surface area contributed by atoms with E-state index in [1.807, 2.05) is 4.90 Å². The molecule has 2 N–H and O–H groups in total. The average Bonchev–Trinajstić information content (AvgIpc) is 3.19. The van der Waals surface area contributed by atoms with Gasteiger partial charge in [0.15, 0.2) is 5.65 Å². The molecule has 2 aliphatic rings. The fraction of sp³-hybridized carbons (Fsp3) is 0.478. The lowest BCUT2D eigenvalue weighted by Gasteiger charge is -2.39. The molecule has 2 aliphatic heterocycles. The molecule has 0 bridgehead atoms. The van der Waals surface area contributed by atoms with Gasteiger partial charge < -0.3 is 20.1 Å². The fourth-order valence-electron chi connectivity index (χ4n) is 4.55. The van der Waals surface area contributed by atoms with Crippen LogP contribution in [0.25, 0.3) is 16.2 Å². The highest BCUT2D eigenvalue weighted by Crippen LogP contribution is 2.28. The summed E-state index contributed by atoms with van der Waals surface area (Å²) in [5.74, 6) is -0.849. The minimum atomic E-state index is -1.32. The molecule has 11 nitrogen and oxygen atoms in total. The van der Waals surface area contributed by atoms with Crippen molar-refractivity contribution in [3.8, 4) is 5.13 Å². The van der Waals surface area contributed by atoms with E-state index in [9.17, 15) is 19.5 Å². The minimum Gasteiger partial charge on any atom is -0.477 e. The van der Waals surface area contributed by atoms with Crippen molar-refractivity contribution in [1.82, 2.24) is 24.2 Å². The Labute approximate surface area is 204 Å². The lowest BCUT2D eigenvalue weighted by Crippen LogP contribution is -2.54. The van der Waals surface area contributed by atoms with Crippen LogP contribution in [0.4, 0.5) is 5.82 Å². The number of hydrogen-bond donors (Lipinski definition) is 2. The molecule has 1 unspecified atom stereocenters. The summed E-state index contributed by atoms with van der Waals surface area (Å²) in [6, 6.07) is 1.76. The average molecular weight is 499 g/mol. The van der Waals surface area contributed by atoms with E-state index in [0.717, 1.165) is 37.4 Å². The van der Waals surface area contributed by atoms with Crippen LogP contribution in [0.5, 0.6) is 0 Å². The van der Waals surface area contributed by atoms with Crippen molar-refractivity contribution in [2.45, 2.75) is 38.7 Å². The number of hydrogen-bond acceptors (Lipinski definition) is 9. The Morgan fingerprint density at radius 1 is 1.29 bits per heavy atom. The van der Waals surface area contributed by atoms with E-state index in [1.165, 1.54) is 23.5 Å². The lowest BCUT2D eigenvalue weighted by atomic mass is 9.98. The third-order valence-corrected chi connectivity index (χ3v) is 7.20. The molecule has 35 heavy (non-hydrogen) atoms. The SMILES string of the molecule is Cc1cc(N2CC(C(=O)NCC3CCCCCO3)C2)nc2c1c(=O)c(C(=O)O)cn2-c1ncns1. The Bertz CT molecular complexity index is 1310. The molecule has 1 amide bonds. The molecule has 184 valence electrons. The number of amides is 1. The topological polar surface area (TPSA) is 140 Å². The maximum absolute atomic E-state index is 12.9. The van der Waals surface area contributed by atoms with Crippen molar-refractivity contribution in [3.05, 3.63) is 39.9 Å². The first-order valence-corrected chi connectivity index (χ1v) is 12.4.